The van der Waals surface area contributed by atoms with Gasteiger partial charge in [0.1, 0.15) is 11.6 Å². The van der Waals surface area contributed by atoms with Crippen LogP contribution in [0.1, 0.15) is 30.7 Å². The maximum atomic E-state index is 13.1. The Bertz CT molecular complexity index is 1280. The summed E-state index contributed by atoms with van der Waals surface area (Å²) in [5.41, 5.74) is 10.3. The van der Waals surface area contributed by atoms with Crippen LogP contribution in [0.3, 0.4) is 0 Å². The minimum Gasteiger partial charge on any atom is -0.384 e. The van der Waals surface area contributed by atoms with Crippen LogP contribution in [0.4, 0.5) is 5.82 Å². The number of Topliss-reactive ketones (excluding diaryl/α,β-unsaturated/α-hetero) is 1. The number of nitrogens with one attached hydrogen (secondary N) is 1. The van der Waals surface area contributed by atoms with Crippen LogP contribution in [-0.2, 0) is 4.79 Å². The molecule has 3 N–H and O–H groups in total. The predicted molar refractivity (Wildman–Crippen MR) is 118 cm³/mol. The summed E-state index contributed by atoms with van der Waals surface area (Å²) in [6.45, 7) is 0. The second-order valence-electron chi connectivity index (χ2n) is 7.48. The van der Waals surface area contributed by atoms with E-state index in [-0.39, 0.29) is 5.78 Å². The maximum absolute atomic E-state index is 13.1. The molecule has 1 aliphatic carbocycles. The number of rotatable bonds is 2. The van der Waals surface area contributed by atoms with Crippen molar-refractivity contribution in [1.29, 1.82) is 5.26 Å². The number of pyridine rings is 1. The van der Waals surface area contributed by atoms with Crippen molar-refractivity contribution in [3.63, 3.8) is 0 Å². The Morgan fingerprint density at radius 2 is 2.10 bits per heavy atom. The highest BCUT2D eigenvalue weighted by atomic mass is 79.9. The van der Waals surface area contributed by atoms with E-state index in [0.29, 0.717) is 35.6 Å². The van der Waals surface area contributed by atoms with E-state index in [0.717, 1.165) is 33.1 Å². The van der Waals surface area contributed by atoms with Crippen molar-refractivity contribution in [3.8, 4) is 6.07 Å². The lowest BCUT2D eigenvalue weighted by molar-refractivity contribution is -0.116. The second-order valence-corrected chi connectivity index (χ2v) is 8.39. The number of ketones is 1. The fourth-order valence-corrected chi connectivity index (χ4v) is 4.67. The fraction of sp³-hybridized carbons (Fsp3) is 0.174. The zero-order valence-corrected chi connectivity index (χ0v) is 17.6. The number of carbonyl (C=O) groups is 1. The molecular formula is C23H18BrN5O. The van der Waals surface area contributed by atoms with Crippen molar-refractivity contribution < 1.29 is 4.79 Å². The molecule has 0 saturated heterocycles. The molecular weight excluding hydrogens is 442 g/mol. The number of aromatic nitrogens is 2. The number of carbonyl (C=O) groups excluding carboxylic acids is 1. The number of H-pyrrole nitrogens is 1. The molecule has 7 heteroatoms. The van der Waals surface area contributed by atoms with Crippen LogP contribution in [-0.4, -0.2) is 15.8 Å². The normalized spacial score (nSPS) is 19.3. The van der Waals surface area contributed by atoms with Crippen molar-refractivity contribution in [1.82, 2.24) is 9.97 Å². The van der Waals surface area contributed by atoms with E-state index in [1.165, 1.54) is 0 Å². The molecule has 0 amide bonds. The Hall–Kier alpha value is -3.37. The molecule has 2 aliphatic rings. The highest BCUT2D eigenvalue weighted by Crippen LogP contribution is 2.46. The molecule has 0 bridgehead atoms. The first-order chi connectivity index (χ1) is 14.6. The van der Waals surface area contributed by atoms with Gasteiger partial charge >= 0.3 is 0 Å². The van der Waals surface area contributed by atoms with Gasteiger partial charge in [0.05, 0.1) is 17.6 Å². The first kappa shape index (κ1) is 18.6. The molecule has 3 heterocycles. The molecule has 6 nitrogen and oxygen atoms in total. The number of allylic oxidation sites excluding steroid dienone is 3. The number of aromatic amines is 1. The third-order valence-electron chi connectivity index (χ3n) is 5.76. The topological polar surface area (TPSA) is 98.8 Å². The van der Waals surface area contributed by atoms with Crippen LogP contribution >= 0.6 is 15.9 Å². The lowest BCUT2D eigenvalue weighted by Crippen LogP contribution is -2.39. The van der Waals surface area contributed by atoms with E-state index in [4.69, 9.17) is 5.73 Å². The second kappa shape index (κ2) is 7.15. The summed E-state index contributed by atoms with van der Waals surface area (Å²) >= 11 is 3.40. The van der Waals surface area contributed by atoms with Gasteiger partial charge in [0, 0.05) is 40.1 Å². The van der Waals surface area contributed by atoms with Crippen LogP contribution in [0.15, 0.2) is 75.9 Å². The van der Waals surface area contributed by atoms with Crippen LogP contribution < -0.4 is 10.6 Å². The van der Waals surface area contributed by atoms with E-state index >= 15 is 0 Å². The molecule has 0 radical (unpaired) electrons. The molecule has 148 valence electrons. The van der Waals surface area contributed by atoms with Crippen LogP contribution in [0, 0.1) is 11.3 Å². The van der Waals surface area contributed by atoms with Crippen molar-refractivity contribution in [2.75, 3.05) is 4.90 Å². The minimum atomic E-state index is -0.469. The molecule has 1 unspecified atom stereocenters. The van der Waals surface area contributed by atoms with Crippen LogP contribution in [0.5, 0.6) is 0 Å². The minimum absolute atomic E-state index is 0.0674. The summed E-state index contributed by atoms with van der Waals surface area (Å²) in [6.07, 6.45) is 5.50. The number of hydrogen-bond donors (Lipinski definition) is 2. The van der Waals surface area contributed by atoms with Gasteiger partial charge in [-0.15, -0.1) is 0 Å². The van der Waals surface area contributed by atoms with Crippen LogP contribution in [0.2, 0.25) is 0 Å². The SMILES string of the molecule is N#CC1=C(N)N(c2ccc(Br)cn2)C2=C(C(=O)CCC2)C1c1ccc2[nH]ccc2c1. The number of anilines is 1. The number of benzene rings is 1. The van der Waals surface area contributed by atoms with E-state index in [1.807, 2.05) is 42.6 Å². The number of hydrogen-bond acceptors (Lipinski definition) is 5. The fourth-order valence-electron chi connectivity index (χ4n) is 4.43. The Balaban J connectivity index is 1.75. The number of halogens is 1. The molecule has 5 rings (SSSR count). The summed E-state index contributed by atoms with van der Waals surface area (Å²) in [5, 5.41) is 11.1. The molecule has 0 saturated carbocycles. The molecule has 1 atom stereocenters. The highest BCUT2D eigenvalue weighted by molar-refractivity contribution is 9.10. The molecule has 0 spiro atoms. The summed E-state index contributed by atoms with van der Waals surface area (Å²) in [5.74, 6) is 0.534. The average molecular weight is 460 g/mol. The number of nitrogens with two attached hydrogens (primary N) is 1. The molecule has 0 fully saturated rings. The summed E-state index contributed by atoms with van der Waals surface area (Å²) < 4.78 is 0.845. The maximum Gasteiger partial charge on any atom is 0.161 e. The summed E-state index contributed by atoms with van der Waals surface area (Å²) in [4.78, 5) is 22.6. The lowest BCUT2D eigenvalue weighted by Gasteiger charge is -2.39. The van der Waals surface area contributed by atoms with Gasteiger partial charge in [-0.25, -0.2) is 4.98 Å². The van der Waals surface area contributed by atoms with Gasteiger partial charge in [-0.1, -0.05) is 6.07 Å². The standard InChI is InChI=1S/C23H18BrN5O/c24-15-5-7-20(28-12-15)29-18-2-1-3-19(30)22(18)21(16(11-25)23(29)26)14-4-6-17-13(10-14)8-9-27-17/h4-10,12,21,27H,1-3,26H2. The molecule has 2 aromatic heterocycles. The van der Waals surface area contributed by atoms with Gasteiger partial charge < -0.3 is 10.7 Å². The lowest BCUT2D eigenvalue weighted by atomic mass is 9.75. The quantitative estimate of drug-likeness (QED) is 0.581. The Morgan fingerprint density at radius 3 is 2.87 bits per heavy atom. The van der Waals surface area contributed by atoms with Gasteiger partial charge in [-0.05, 0) is 70.1 Å². The number of fused-ring (bicyclic) bond motifs is 1. The predicted octanol–water partition coefficient (Wildman–Crippen LogP) is 4.63. The van der Waals surface area contributed by atoms with Crippen molar-refractivity contribution in [2.45, 2.75) is 25.2 Å². The molecule has 1 aliphatic heterocycles. The van der Waals surface area contributed by atoms with Crippen molar-refractivity contribution in [3.05, 3.63) is 81.5 Å². The van der Waals surface area contributed by atoms with E-state index < -0.39 is 5.92 Å². The van der Waals surface area contributed by atoms with Gasteiger partial charge in [0.25, 0.3) is 0 Å². The monoisotopic (exact) mass is 459 g/mol. The van der Waals surface area contributed by atoms with Gasteiger partial charge in [-0.3, -0.25) is 9.69 Å². The van der Waals surface area contributed by atoms with Crippen molar-refractivity contribution >= 4 is 38.4 Å². The van der Waals surface area contributed by atoms with E-state index in [2.05, 4.69) is 32.0 Å². The molecule has 3 aromatic rings. The summed E-state index contributed by atoms with van der Waals surface area (Å²) in [6, 6.07) is 14.0. The Morgan fingerprint density at radius 1 is 1.23 bits per heavy atom. The van der Waals surface area contributed by atoms with Gasteiger partial charge in [0.2, 0.25) is 0 Å². The smallest absolute Gasteiger partial charge is 0.161 e. The van der Waals surface area contributed by atoms with Crippen molar-refractivity contribution in [2.24, 2.45) is 5.73 Å². The first-order valence-electron chi connectivity index (χ1n) is 9.73. The third kappa shape index (κ3) is 2.84. The van der Waals surface area contributed by atoms with Crippen LogP contribution in [0.25, 0.3) is 10.9 Å². The van der Waals surface area contributed by atoms with Gasteiger partial charge in [0.15, 0.2) is 5.78 Å². The average Bonchev–Trinajstić information content (AvgIpc) is 3.22. The zero-order chi connectivity index (χ0) is 20.8. The van der Waals surface area contributed by atoms with E-state index in [9.17, 15) is 10.1 Å². The third-order valence-corrected chi connectivity index (χ3v) is 6.23. The highest BCUT2D eigenvalue weighted by Gasteiger charge is 2.40. The van der Waals surface area contributed by atoms with E-state index in [1.54, 1.807) is 11.1 Å². The Kier molecular flexibility index (Phi) is 4.44. The summed E-state index contributed by atoms with van der Waals surface area (Å²) in [7, 11) is 0. The number of nitrogens with zero attached hydrogens (tertiary/aromatic N) is 3. The molecule has 30 heavy (non-hydrogen) atoms. The Labute approximate surface area is 181 Å². The zero-order valence-electron chi connectivity index (χ0n) is 16.0. The number of nitriles is 1. The first-order valence-corrected chi connectivity index (χ1v) is 10.5. The molecule has 1 aromatic carbocycles. The largest absolute Gasteiger partial charge is 0.384 e. The van der Waals surface area contributed by atoms with Gasteiger partial charge in [-0.2, -0.15) is 5.26 Å².